The fourth-order valence-corrected chi connectivity index (χ4v) is 5.84. The average Bonchev–Trinajstić information content (AvgIpc) is 2.82. The zero-order chi connectivity index (χ0) is 26.6. The van der Waals surface area contributed by atoms with Crippen molar-refractivity contribution in [3.63, 3.8) is 0 Å². The number of thioether (sulfide) groups is 1. The van der Waals surface area contributed by atoms with Crippen LogP contribution in [0.2, 0.25) is 0 Å². The number of aryl methyl sites for hydroxylation is 1. The molecule has 36 heavy (non-hydrogen) atoms. The third kappa shape index (κ3) is 6.59. The highest BCUT2D eigenvalue weighted by molar-refractivity contribution is 9.11. The summed E-state index contributed by atoms with van der Waals surface area (Å²) in [4.78, 5) is 40.7. The Kier molecular flexibility index (Phi) is 9.41. The van der Waals surface area contributed by atoms with Gasteiger partial charge in [0.2, 0.25) is 5.91 Å². The van der Waals surface area contributed by atoms with E-state index < -0.39 is 10.8 Å². The number of hydrogen-bond donors (Lipinski definition) is 1. The Labute approximate surface area is 236 Å². The van der Waals surface area contributed by atoms with E-state index in [0.29, 0.717) is 36.4 Å². The van der Waals surface area contributed by atoms with Crippen LogP contribution in [0.5, 0.6) is 0 Å². The van der Waals surface area contributed by atoms with Gasteiger partial charge in [-0.3, -0.25) is 19.7 Å². The van der Waals surface area contributed by atoms with Crippen molar-refractivity contribution in [1.82, 2.24) is 4.98 Å². The number of nitrogens with zero attached hydrogens (tertiary/aromatic N) is 3. The standard InChI is InChI=1S/C24H17Br3N4O4S/c1-12-17(9-21(32)14-3-5-15(25)6-4-14)13(2)29-24(18(12)10-28)36-11-22(33)30-23-19(27)7-16(26)8-20(23)31(34)35/h3-8H,9,11H2,1-2H3,(H,30,33). The normalized spacial score (nSPS) is 10.6. The van der Waals surface area contributed by atoms with Gasteiger partial charge in [-0.15, -0.1) is 0 Å². The van der Waals surface area contributed by atoms with E-state index in [4.69, 9.17) is 0 Å². The lowest BCUT2D eigenvalue weighted by molar-refractivity contribution is -0.384. The number of carbonyl (C=O) groups is 2. The van der Waals surface area contributed by atoms with Crippen LogP contribution in [0.3, 0.4) is 0 Å². The molecule has 0 unspecified atom stereocenters. The van der Waals surface area contributed by atoms with Gasteiger partial charge >= 0.3 is 0 Å². The van der Waals surface area contributed by atoms with E-state index >= 15 is 0 Å². The first-order chi connectivity index (χ1) is 17.0. The van der Waals surface area contributed by atoms with Gasteiger partial charge < -0.3 is 5.32 Å². The zero-order valence-corrected chi connectivity index (χ0v) is 24.5. The second-order valence-corrected chi connectivity index (χ2v) is 11.2. The molecule has 0 radical (unpaired) electrons. The molecule has 3 aromatic rings. The van der Waals surface area contributed by atoms with Crippen LogP contribution in [0.15, 0.2) is 54.8 Å². The number of ketones is 1. The number of nitro benzene ring substituents is 1. The molecule has 1 amide bonds. The summed E-state index contributed by atoms with van der Waals surface area (Å²) in [5.41, 5.74) is 2.50. The molecule has 0 atom stereocenters. The highest BCUT2D eigenvalue weighted by atomic mass is 79.9. The smallest absolute Gasteiger partial charge is 0.295 e. The molecule has 12 heteroatoms. The third-order valence-electron chi connectivity index (χ3n) is 5.20. The van der Waals surface area contributed by atoms with E-state index in [1.54, 1.807) is 44.2 Å². The number of aromatic nitrogens is 1. The highest BCUT2D eigenvalue weighted by Gasteiger charge is 2.22. The molecule has 0 bridgehead atoms. The molecular weight excluding hydrogens is 680 g/mol. The highest BCUT2D eigenvalue weighted by Crippen LogP contribution is 2.36. The number of amides is 1. The predicted molar refractivity (Wildman–Crippen MR) is 148 cm³/mol. The fourth-order valence-electron chi connectivity index (χ4n) is 3.39. The first-order valence-electron chi connectivity index (χ1n) is 10.3. The number of rotatable bonds is 8. The van der Waals surface area contributed by atoms with Gasteiger partial charge in [-0.05, 0) is 59.1 Å². The van der Waals surface area contributed by atoms with Crippen molar-refractivity contribution in [2.75, 3.05) is 11.1 Å². The summed E-state index contributed by atoms with van der Waals surface area (Å²) < 4.78 is 1.71. The van der Waals surface area contributed by atoms with Gasteiger partial charge in [0.15, 0.2) is 5.78 Å². The molecule has 0 spiro atoms. The van der Waals surface area contributed by atoms with Gasteiger partial charge in [-0.2, -0.15) is 5.26 Å². The topological polar surface area (TPSA) is 126 Å². The number of hydrogen-bond acceptors (Lipinski definition) is 7. The van der Waals surface area contributed by atoms with Crippen LogP contribution >= 0.6 is 59.6 Å². The minimum Gasteiger partial charge on any atom is -0.319 e. The zero-order valence-electron chi connectivity index (χ0n) is 18.9. The molecule has 1 aromatic heterocycles. The number of nitro groups is 1. The number of Topliss-reactive ketones (excluding diaryl/α,β-unsaturated/α-hetero) is 1. The Morgan fingerprint density at radius 1 is 1.14 bits per heavy atom. The van der Waals surface area contributed by atoms with Gasteiger partial charge in [0.05, 0.1) is 16.2 Å². The van der Waals surface area contributed by atoms with Crippen molar-refractivity contribution >= 4 is 82.6 Å². The minimum absolute atomic E-state index is 0.0384. The van der Waals surface area contributed by atoms with Crippen LogP contribution < -0.4 is 5.32 Å². The Bertz CT molecular complexity index is 1420. The van der Waals surface area contributed by atoms with Crippen molar-refractivity contribution in [1.29, 1.82) is 5.26 Å². The number of nitrogens with one attached hydrogen (secondary N) is 1. The molecule has 0 saturated heterocycles. The lowest BCUT2D eigenvalue weighted by atomic mass is 9.96. The molecule has 0 aliphatic carbocycles. The van der Waals surface area contributed by atoms with Crippen LogP contribution in [0.1, 0.15) is 32.7 Å². The molecule has 0 aliphatic heterocycles. The van der Waals surface area contributed by atoms with Crippen molar-refractivity contribution in [2.45, 2.75) is 25.3 Å². The molecule has 3 rings (SSSR count). The maximum Gasteiger partial charge on any atom is 0.295 e. The molecular formula is C24H17Br3N4O4S. The number of pyridine rings is 1. The molecule has 0 aliphatic rings. The van der Waals surface area contributed by atoms with Gasteiger partial charge in [0.1, 0.15) is 16.8 Å². The summed E-state index contributed by atoms with van der Waals surface area (Å²) in [5.74, 6) is -0.723. The number of anilines is 1. The number of carbonyl (C=O) groups excluding carboxylic acids is 2. The average molecular weight is 697 g/mol. The second-order valence-electron chi connectivity index (χ2n) is 7.58. The fraction of sp³-hybridized carbons (Fsp3) is 0.167. The van der Waals surface area contributed by atoms with E-state index in [1.807, 2.05) is 0 Å². The summed E-state index contributed by atoms with van der Waals surface area (Å²) in [6, 6.07) is 12.1. The number of halogens is 3. The lowest BCUT2D eigenvalue weighted by Crippen LogP contribution is -2.16. The molecule has 0 fully saturated rings. The summed E-state index contributed by atoms with van der Waals surface area (Å²) in [6.07, 6.45) is 0.0909. The van der Waals surface area contributed by atoms with E-state index in [1.165, 1.54) is 6.07 Å². The Morgan fingerprint density at radius 3 is 2.42 bits per heavy atom. The van der Waals surface area contributed by atoms with Gasteiger partial charge in [-0.1, -0.05) is 55.8 Å². The van der Waals surface area contributed by atoms with E-state index in [-0.39, 0.29) is 34.9 Å². The van der Waals surface area contributed by atoms with Crippen molar-refractivity contribution in [3.05, 3.63) is 87.9 Å². The van der Waals surface area contributed by atoms with Gasteiger partial charge in [0, 0.05) is 37.2 Å². The molecule has 1 N–H and O–H groups in total. The van der Waals surface area contributed by atoms with Crippen LogP contribution in [0.25, 0.3) is 0 Å². The molecule has 1 heterocycles. The predicted octanol–water partition coefficient (Wildman–Crippen LogP) is 6.92. The van der Waals surface area contributed by atoms with Crippen LogP contribution in [0.4, 0.5) is 11.4 Å². The number of benzene rings is 2. The minimum atomic E-state index is -0.589. The Hall–Kier alpha value is -2.59. The number of nitriles is 1. The van der Waals surface area contributed by atoms with E-state index in [2.05, 4.69) is 64.2 Å². The van der Waals surface area contributed by atoms with Gasteiger partial charge in [-0.25, -0.2) is 4.98 Å². The lowest BCUT2D eigenvalue weighted by Gasteiger charge is -2.14. The van der Waals surface area contributed by atoms with Crippen molar-refractivity contribution in [2.24, 2.45) is 0 Å². The van der Waals surface area contributed by atoms with Crippen molar-refractivity contribution < 1.29 is 14.5 Å². The van der Waals surface area contributed by atoms with Gasteiger partial charge in [0.25, 0.3) is 5.69 Å². The molecule has 2 aromatic carbocycles. The van der Waals surface area contributed by atoms with Crippen LogP contribution in [-0.2, 0) is 11.2 Å². The maximum atomic E-state index is 12.8. The summed E-state index contributed by atoms with van der Waals surface area (Å²) in [6.45, 7) is 3.51. The second kappa shape index (κ2) is 12.1. The van der Waals surface area contributed by atoms with Crippen LogP contribution in [-0.4, -0.2) is 27.4 Å². The van der Waals surface area contributed by atoms with E-state index in [9.17, 15) is 25.0 Å². The largest absolute Gasteiger partial charge is 0.319 e. The van der Waals surface area contributed by atoms with Crippen LogP contribution in [0, 0.1) is 35.3 Å². The molecule has 0 saturated carbocycles. The monoisotopic (exact) mass is 694 g/mol. The van der Waals surface area contributed by atoms with E-state index in [0.717, 1.165) is 16.2 Å². The summed E-state index contributed by atoms with van der Waals surface area (Å²) in [5, 5.41) is 24.1. The SMILES string of the molecule is Cc1nc(SCC(=O)Nc2c(Br)cc(Br)cc2[N+](=O)[O-])c(C#N)c(C)c1CC(=O)c1ccc(Br)cc1. The first-order valence-corrected chi connectivity index (χ1v) is 13.6. The Morgan fingerprint density at radius 2 is 1.81 bits per heavy atom. The quantitative estimate of drug-likeness (QED) is 0.117. The summed E-state index contributed by atoms with van der Waals surface area (Å²) >= 11 is 10.8. The third-order valence-corrected chi connectivity index (χ3v) is 7.79. The van der Waals surface area contributed by atoms with Crippen molar-refractivity contribution in [3.8, 4) is 6.07 Å². The maximum absolute atomic E-state index is 12.8. The molecule has 8 nitrogen and oxygen atoms in total. The first kappa shape index (κ1) is 28.0. The molecule has 184 valence electrons. The summed E-state index contributed by atoms with van der Waals surface area (Å²) in [7, 11) is 0. The Balaban J connectivity index is 1.79.